The van der Waals surface area contributed by atoms with Crippen LogP contribution < -0.4 is 0 Å². The first-order valence-electron chi connectivity index (χ1n) is 8.23. The predicted molar refractivity (Wildman–Crippen MR) is 88.8 cm³/mol. The average molecular weight is 308 g/mol. The maximum Gasteiger partial charge on any atom is 0.233 e. The molecule has 4 heteroatoms. The van der Waals surface area contributed by atoms with Crippen LogP contribution in [0.5, 0.6) is 0 Å². The molecule has 118 valence electrons. The van der Waals surface area contributed by atoms with Crippen LogP contribution in [0.4, 0.5) is 0 Å². The molecule has 1 aromatic heterocycles. The summed E-state index contributed by atoms with van der Waals surface area (Å²) in [6.07, 6.45) is 6.18. The van der Waals surface area contributed by atoms with Crippen LogP contribution in [0.1, 0.15) is 24.1 Å². The summed E-state index contributed by atoms with van der Waals surface area (Å²) in [4.78, 5) is 29.9. The van der Waals surface area contributed by atoms with Gasteiger partial charge in [-0.05, 0) is 37.8 Å². The van der Waals surface area contributed by atoms with Crippen molar-refractivity contribution < 1.29 is 9.59 Å². The molecule has 1 N–H and O–H groups in total. The van der Waals surface area contributed by atoms with Gasteiger partial charge >= 0.3 is 0 Å². The van der Waals surface area contributed by atoms with E-state index in [1.54, 1.807) is 0 Å². The van der Waals surface area contributed by atoms with Crippen LogP contribution in [0.15, 0.2) is 36.4 Å². The van der Waals surface area contributed by atoms with Crippen LogP contribution in [-0.4, -0.2) is 28.2 Å². The fraction of sp³-hybridized carbons (Fsp3) is 0.368. The minimum absolute atomic E-state index is 0.0156. The van der Waals surface area contributed by atoms with E-state index in [0.29, 0.717) is 25.8 Å². The molecule has 2 heterocycles. The minimum Gasteiger partial charge on any atom is -0.358 e. The molecule has 1 aromatic carbocycles. The molecule has 4 nitrogen and oxygen atoms in total. The Morgan fingerprint density at radius 1 is 1.09 bits per heavy atom. The van der Waals surface area contributed by atoms with E-state index in [1.807, 2.05) is 31.2 Å². The van der Waals surface area contributed by atoms with Crippen molar-refractivity contribution in [2.45, 2.75) is 26.2 Å². The lowest BCUT2D eigenvalue weighted by molar-refractivity contribution is -0.139. The minimum atomic E-state index is -0.128. The van der Waals surface area contributed by atoms with Crippen LogP contribution in [0.3, 0.4) is 0 Å². The van der Waals surface area contributed by atoms with E-state index in [2.05, 4.69) is 17.1 Å². The number of carbonyl (C=O) groups is 2. The number of benzene rings is 1. The Morgan fingerprint density at radius 3 is 2.43 bits per heavy atom. The van der Waals surface area contributed by atoms with Crippen molar-refractivity contribution in [1.82, 2.24) is 9.88 Å². The van der Waals surface area contributed by atoms with E-state index >= 15 is 0 Å². The maximum atomic E-state index is 12.5. The third kappa shape index (κ3) is 2.21. The Balaban J connectivity index is 1.56. The highest BCUT2D eigenvalue weighted by Gasteiger charge is 2.46. The van der Waals surface area contributed by atoms with Crippen LogP contribution in [-0.2, 0) is 16.0 Å². The molecule has 2 unspecified atom stereocenters. The number of imide groups is 1. The molecule has 0 spiro atoms. The third-order valence-electron chi connectivity index (χ3n) is 5.21. The summed E-state index contributed by atoms with van der Waals surface area (Å²) in [6, 6.07) is 8.17. The molecule has 2 aliphatic rings. The van der Waals surface area contributed by atoms with Crippen LogP contribution in [0.2, 0.25) is 0 Å². The number of aryl methyl sites for hydroxylation is 1. The molecule has 23 heavy (non-hydrogen) atoms. The van der Waals surface area contributed by atoms with Gasteiger partial charge in [-0.25, -0.2) is 0 Å². The number of aromatic nitrogens is 1. The third-order valence-corrected chi connectivity index (χ3v) is 5.21. The molecule has 1 aliphatic carbocycles. The van der Waals surface area contributed by atoms with Gasteiger partial charge in [0.25, 0.3) is 0 Å². The first kappa shape index (κ1) is 14.2. The van der Waals surface area contributed by atoms with E-state index in [1.165, 1.54) is 15.8 Å². The van der Waals surface area contributed by atoms with E-state index in [0.717, 1.165) is 11.2 Å². The fourth-order valence-electron chi connectivity index (χ4n) is 3.97. The van der Waals surface area contributed by atoms with Gasteiger partial charge in [-0.2, -0.15) is 0 Å². The Hall–Kier alpha value is -2.36. The van der Waals surface area contributed by atoms with Crippen LogP contribution >= 0.6 is 0 Å². The molecule has 2 atom stereocenters. The molecule has 1 aliphatic heterocycles. The van der Waals surface area contributed by atoms with E-state index in [9.17, 15) is 9.59 Å². The Kier molecular flexibility index (Phi) is 3.33. The first-order valence-corrected chi connectivity index (χ1v) is 8.23. The zero-order valence-corrected chi connectivity index (χ0v) is 13.2. The second-order valence-electron chi connectivity index (χ2n) is 6.51. The normalized spacial score (nSPS) is 23.8. The average Bonchev–Trinajstić information content (AvgIpc) is 3.01. The molecule has 0 bridgehead atoms. The van der Waals surface area contributed by atoms with Crippen molar-refractivity contribution in [3.8, 4) is 0 Å². The largest absolute Gasteiger partial charge is 0.358 e. The first-order chi connectivity index (χ1) is 11.2. The molecular weight excluding hydrogens is 288 g/mol. The van der Waals surface area contributed by atoms with Gasteiger partial charge in [0.2, 0.25) is 11.8 Å². The quantitative estimate of drug-likeness (QED) is 0.700. The highest BCUT2D eigenvalue weighted by atomic mass is 16.2. The Bertz CT molecular complexity index is 792. The zero-order valence-electron chi connectivity index (χ0n) is 13.2. The Labute approximate surface area is 135 Å². The molecule has 4 rings (SSSR count). The summed E-state index contributed by atoms with van der Waals surface area (Å²) in [5, 5.41) is 1.18. The molecule has 0 saturated carbocycles. The number of nitrogens with zero attached hydrogens (tertiary/aromatic N) is 1. The number of H-pyrrole nitrogens is 1. The van der Waals surface area contributed by atoms with E-state index in [4.69, 9.17) is 0 Å². The lowest BCUT2D eigenvalue weighted by Crippen LogP contribution is -2.33. The number of hydrogen-bond acceptors (Lipinski definition) is 2. The van der Waals surface area contributed by atoms with Gasteiger partial charge in [-0.1, -0.05) is 30.4 Å². The highest BCUT2D eigenvalue weighted by Crippen LogP contribution is 2.35. The summed E-state index contributed by atoms with van der Waals surface area (Å²) in [6.45, 7) is 2.53. The molecule has 2 aromatic rings. The lowest BCUT2D eigenvalue weighted by Gasteiger charge is -2.14. The number of allylic oxidation sites excluding steroid dienone is 2. The number of amides is 2. The van der Waals surface area contributed by atoms with Crippen molar-refractivity contribution in [2.75, 3.05) is 6.54 Å². The smallest absolute Gasteiger partial charge is 0.233 e. The topological polar surface area (TPSA) is 53.2 Å². The van der Waals surface area contributed by atoms with E-state index in [-0.39, 0.29) is 23.7 Å². The van der Waals surface area contributed by atoms with Crippen molar-refractivity contribution >= 4 is 22.7 Å². The van der Waals surface area contributed by atoms with Gasteiger partial charge in [0.1, 0.15) is 0 Å². The van der Waals surface area contributed by atoms with E-state index < -0.39 is 0 Å². The molecule has 1 saturated heterocycles. The van der Waals surface area contributed by atoms with Gasteiger partial charge in [-0.15, -0.1) is 0 Å². The number of rotatable bonds is 3. The predicted octanol–water partition coefficient (Wildman–Crippen LogP) is 2.97. The number of aromatic amines is 1. The monoisotopic (exact) mass is 308 g/mol. The SMILES string of the molecule is Cc1[nH]c2ccccc2c1CCN1C(=O)C2CC=CCC2C1=O. The number of nitrogens with one attached hydrogen (secondary N) is 1. The second kappa shape index (κ2) is 5.37. The van der Waals surface area contributed by atoms with Crippen molar-refractivity contribution in [3.05, 3.63) is 47.7 Å². The number of hydrogen-bond donors (Lipinski definition) is 1. The Morgan fingerprint density at radius 2 is 1.74 bits per heavy atom. The summed E-state index contributed by atoms with van der Waals surface area (Å²) in [5.41, 5.74) is 3.43. The number of fused-ring (bicyclic) bond motifs is 2. The highest BCUT2D eigenvalue weighted by molar-refractivity contribution is 6.05. The molecule has 1 fully saturated rings. The maximum absolute atomic E-state index is 12.5. The zero-order chi connectivity index (χ0) is 16.0. The summed E-state index contributed by atoms with van der Waals surface area (Å²) in [7, 11) is 0. The molecule has 2 amide bonds. The fourth-order valence-corrected chi connectivity index (χ4v) is 3.97. The van der Waals surface area contributed by atoms with Crippen LogP contribution in [0.25, 0.3) is 10.9 Å². The number of para-hydroxylation sites is 1. The lowest BCUT2D eigenvalue weighted by atomic mass is 9.85. The standard InChI is InChI=1S/C19H20N2O2/c1-12-13(14-6-4-5-9-17(14)20-12)10-11-21-18(22)15-7-2-3-8-16(15)19(21)23/h2-6,9,15-16,20H,7-8,10-11H2,1H3. The second-order valence-corrected chi connectivity index (χ2v) is 6.51. The van der Waals surface area contributed by atoms with Gasteiger partial charge < -0.3 is 4.98 Å². The molecular formula is C19H20N2O2. The number of carbonyl (C=O) groups excluding carboxylic acids is 2. The van der Waals surface area contributed by atoms with Gasteiger partial charge in [-0.3, -0.25) is 14.5 Å². The van der Waals surface area contributed by atoms with Crippen LogP contribution in [0, 0.1) is 18.8 Å². The summed E-state index contributed by atoms with van der Waals surface area (Å²) >= 11 is 0. The van der Waals surface area contributed by atoms with Crippen molar-refractivity contribution in [2.24, 2.45) is 11.8 Å². The summed E-state index contributed by atoms with van der Waals surface area (Å²) < 4.78 is 0. The van der Waals surface area contributed by atoms with Gasteiger partial charge in [0, 0.05) is 23.1 Å². The van der Waals surface area contributed by atoms with Crippen molar-refractivity contribution in [3.63, 3.8) is 0 Å². The van der Waals surface area contributed by atoms with Gasteiger partial charge in [0.05, 0.1) is 11.8 Å². The summed E-state index contributed by atoms with van der Waals surface area (Å²) in [5.74, 6) is -0.225. The van der Waals surface area contributed by atoms with Crippen molar-refractivity contribution in [1.29, 1.82) is 0 Å². The number of likely N-dealkylation sites (tertiary alicyclic amines) is 1. The molecule has 0 radical (unpaired) electrons. The van der Waals surface area contributed by atoms with Gasteiger partial charge in [0.15, 0.2) is 0 Å².